The van der Waals surface area contributed by atoms with Gasteiger partial charge in [0.1, 0.15) is 12.4 Å². The van der Waals surface area contributed by atoms with Gasteiger partial charge in [-0.25, -0.2) is 5.43 Å². The van der Waals surface area contributed by atoms with Gasteiger partial charge < -0.3 is 4.74 Å². The first-order valence-corrected chi connectivity index (χ1v) is 9.40. The van der Waals surface area contributed by atoms with E-state index in [-0.39, 0.29) is 5.91 Å². The third kappa shape index (κ3) is 5.73. The smallest absolute Gasteiger partial charge is 0.271 e. The highest BCUT2D eigenvalue weighted by Gasteiger charge is 2.06. The molecule has 7 heteroatoms. The molecule has 1 N–H and O–H groups in total. The third-order valence-electron chi connectivity index (χ3n) is 3.75. The van der Waals surface area contributed by atoms with Crippen LogP contribution in [0.25, 0.3) is 0 Å². The molecule has 0 bridgehead atoms. The Kier molecular flexibility index (Phi) is 6.93. The number of hydrazone groups is 1. The lowest BCUT2D eigenvalue weighted by atomic mass is 10.2. The Balaban J connectivity index is 1.55. The van der Waals surface area contributed by atoms with Crippen molar-refractivity contribution in [3.8, 4) is 5.75 Å². The quantitative estimate of drug-likeness (QED) is 0.383. The van der Waals surface area contributed by atoms with E-state index in [0.29, 0.717) is 33.0 Å². The molecule has 1 amide bonds. The molecule has 0 unspecified atom stereocenters. The summed E-state index contributed by atoms with van der Waals surface area (Å²) in [5.74, 6) is 0.288. The summed E-state index contributed by atoms with van der Waals surface area (Å²) in [5, 5.41) is 5.65. The molecule has 0 aromatic heterocycles. The number of rotatable bonds is 6. The SMILES string of the molecule is O=C(N/N=C/c1cccc(Cl)c1)c1ccc(OCc2ccc(Cl)cc2Cl)cc1. The van der Waals surface area contributed by atoms with Crippen LogP contribution in [0, 0.1) is 0 Å². The minimum Gasteiger partial charge on any atom is -0.489 e. The normalized spacial score (nSPS) is 10.8. The average Bonchev–Trinajstić information content (AvgIpc) is 2.68. The van der Waals surface area contributed by atoms with Crippen LogP contribution in [-0.4, -0.2) is 12.1 Å². The Morgan fingerprint density at radius 3 is 2.43 bits per heavy atom. The Bertz CT molecular complexity index is 1000. The Labute approximate surface area is 177 Å². The molecule has 0 saturated heterocycles. The van der Waals surface area contributed by atoms with Crippen LogP contribution in [0.5, 0.6) is 5.75 Å². The number of hydrogen-bond acceptors (Lipinski definition) is 3. The van der Waals surface area contributed by atoms with Gasteiger partial charge in [-0.15, -0.1) is 0 Å². The predicted octanol–water partition coefficient (Wildman–Crippen LogP) is 5.99. The van der Waals surface area contributed by atoms with Crippen LogP contribution in [-0.2, 0) is 6.61 Å². The van der Waals surface area contributed by atoms with E-state index in [1.165, 1.54) is 6.21 Å². The number of carbonyl (C=O) groups excluding carboxylic acids is 1. The second-order valence-corrected chi connectivity index (χ2v) is 7.08. The standard InChI is InChI=1S/C21H15Cl3N2O2/c22-17-3-1-2-14(10-17)12-25-26-21(27)15-5-8-19(9-6-15)28-13-16-4-7-18(23)11-20(16)24/h1-12H,13H2,(H,26,27)/b25-12+. The zero-order valence-electron chi connectivity index (χ0n) is 14.5. The summed E-state index contributed by atoms with van der Waals surface area (Å²) in [4.78, 5) is 12.1. The van der Waals surface area contributed by atoms with E-state index in [0.717, 1.165) is 11.1 Å². The number of benzene rings is 3. The van der Waals surface area contributed by atoms with Crippen LogP contribution >= 0.6 is 34.8 Å². The molecule has 0 atom stereocenters. The molecular formula is C21H15Cl3N2O2. The van der Waals surface area contributed by atoms with E-state index >= 15 is 0 Å². The van der Waals surface area contributed by atoms with Crippen molar-refractivity contribution in [2.24, 2.45) is 5.10 Å². The lowest BCUT2D eigenvalue weighted by Crippen LogP contribution is -2.17. The molecule has 142 valence electrons. The summed E-state index contributed by atoms with van der Waals surface area (Å²) in [6, 6.07) is 19.1. The van der Waals surface area contributed by atoms with Crippen molar-refractivity contribution in [1.29, 1.82) is 0 Å². The molecule has 0 saturated carbocycles. The Morgan fingerprint density at radius 2 is 1.71 bits per heavy atom. The minimum absolute atomic E-state index is 0.297. The second-order valence-electron chi connectivity index (χ2n) is 5.80. The molecule has 0 aliphatic heterocycles. The van der Waals surface area contributed by atoms with Gasteiger partial charge in [0.15, 0.2) is 0 Å². The summed E-state index contributed by atoms with van der Waals surface area (Å²) in [6.45, 7) is 0.297. The van der Waals surface area contributed by atoms with E-state index in [1.807, 2.05) is 12.1 Å². The third-order valence-corrected chi connectivity index (χ3v) is 4.58. The summed E-state index contributed by atoms with van der Waals surface area (Å²) in [5.41, 5.74) is 4.54. The molecule has 0 fully saturated rings. The lowest BCUT2D eigenvalue weighted by molar-refractivity contribution is 0.0955. The maximum absolute atomic E-state index is 12.1. The van der Waals surface area contributed by atoms with Gasteiger partial charge >= 0.3 is 0 Å². The second kappa shape index (κ2) is 9.60. The number of carbonyl (C=O) groups is 1. The maximum atomic E-state index is 12.1. The van der Waals surface area contributed by atoms with Crippen LogP contribution in [0.4, 0.5) is 0 Å². The zero-order valence-corrected chi connectivity index (χ0v) is 16.8. The van der Waals surface area contributed by atoms with Crippen molar-refractivity contribution in [2.75, 3.05) is 0 Å². The van der Waals surface area contributed by atoms with Crippen molar-refractivity contribution >= 4 is 46.9 Å². The fourth-order valence-electron chi connectivity index (χ4n) is 2.32. The molecule has 0 heterocycles. The monoisotopic (exact) mass is 432 g/mol. The Hall–Kier alpha value is -2.53. The van der Waals surface area contributed by atoms with Crippen molar-refractivity contribution in [3.63, 3.8) is 0 Å². The first-order chi connectivity index (χ1) is 13.5. The molecule has 4 nitrogen and oxygen atoms in total. The van der Waals surface area contributed by atoms with Crippen LogP contribution in [0.2, 0.25) is 15.1 Å². The van der Waals surface area contributed by atoms with E-state index < -0.39 is 0 Å². The molecule has 3 aromatic rings. The van der Waals surface area contributed by atoms with Gasteiger partial charge in [0, 0.05) is 26.2 Å². The van der Waals surface area contributed by atoms with Gasteiger partial charge in [-0.2, -0.15) is 5.10 Å². The Morgan fingerprint density at radius 1 is 0.964 bits per heavy atom. The number of hydrogen-bond donors (Lipinski definition) is 1. The first kappa shape index (κ1) is 20.2. The number of nitrogens with zero attached hydrogens (tertiary/aromatic N) is 1. The van der Waals surface area contributed by atoms with Gasteiger partial charge in [-0.05, 0) is 54.1 Å². The van der Waals surface area contributed by atoms with Crippen LogP contribution < -0.4 is 10.2 Å². The predicted molar refractivity (Wildman–Crippen MR) is 114 cm³/mol. The summed E-state index contributed by atoms with van der Waals surface area (Å²) >= 11 is 17.9. The molecule has 0 aliphatic rings. The molecule has 3 rings (SSSR count). The van der Waals surface area contributed by atoms with Gasteiger partial charge in [-0.3, -0.25) is 4.79 Å². The van der Waals surface area contributed by atoms with E-state index in [9.17, 15) is 4.79 Å². The van der Waals surface area contributed by atoms with Crippen molar-refractivity contribution in [3.05, 3.63) is 98.5 Å². The fourth-order valence-corrected chi connectivity index (χ4v) is 2.98. The summed E-state index contributed by atoms with van der Waals surface area (Å²) in [7, 11) is 0. The summed E-state index contributed by atoms with van der Waals surface area (Å²) < 4.78 is 5.70. The molecule has 3 aromatic carbocycles. The van der Waals surface area contributed by atoms with E-state index in [4.69, 9.17) is 39.5 Å². The minimum atomic E-state index is -0.328. The van der Waals surface area contributed by atoms with Crippen molar-refractivity contribution in [2.45, 2.75) is 6.61 Å². The summed E-state index contributed by atoms with van der Waals surface area (Å²) in [6.07, 6.45) is 1.52. The van der Waals surface area contributed by atoms with Crippen molar-refractivity contribution in [1.82, 2.24) is 5.43 Å². The lowest BCUT2D eigenvalue weighted by Gasteiger charge is -2.08. The van der Waals surface area contributed by atoms with Gasteiger partial charge in [0.2, 0.25) is 0 Å². The number of amides is 1. The molecule has 0 radical (unpaired) electrons. The highest BCUT2D eigenvalue weighted by molar-refractivity contribution is 6.35. The molecule has 0 aliphatic carbocycles. The van der Waals surface area contributed by atoms with Gasteiger partial charge in [0.25, 0.3) is 5.91 Å². The molecule has 28 heavy (non-hydrogen) atoms. The molecule has 0 spiro atoms. The van der Waals surface area contributed by atoms with E-state index in [1.54, 1.807) is 54.6 Å². The topological polar surface area (TPSA) is 50.7 Å². The number of halogens is 3. The van der Waals surface area contributed by atoms with Crippen LogP contribution in [0.1, 0.15) is 21.5 Å². The highest BCUT2D eigenvalue weighted by Crippen LogP contribution is 2.23. The highest BCUT2D eigenvalue weighted by atomic mass is 35.5. The maximum Gasteiger partial charge on any atom is 0.271 e. The van der Waals surface area contributed by atoms with Gasteiger partial charge in [0.05, 0.1) is 6.21 Å². The van der Waals surface area contributed by atoms with Gasteiger partial charge in [-0.1, -0.05) is 53.0 Å². The first-order valence-electron chi connectivity index (χ1n) is 8.27. The average molecular weight is 434 g/mol. The van der Waals surface area contributed by atoms with Crippen LogP contribution in [0.3, 0.4) is 0 Å². The van der Waals surface area contributed by atoms with Crippen LogP contribution in [0.15, 0.2) is 71.8 Å². The number of ether oxygens (including phenoxy) is 1. The fraction of sp³-hybridized carbons (Fsp3) is 0.0476. The number of nitrogens with one attached hydrogen (secondary N) is 1. The van der Waals surface area contributed by atoms with E-state index in [2.05, 4.69) is 10.5 Å². The largest absolute Gasteiger partial charge is 0.489 e. The molecular weight excluding hydrogens is 419 g/mol. The van der Waals surface area contributed by atoms with Crippen molar-refractivity contribution < 1.29 is 9.53 Å². The zero-order chi connectivity index (χ0) is 19.9.